The number of hydrogen-bond acceptors (Lipinski definition) is 6. The molecule has 3 heterocycles. The quantitative estimate of drug-likeness (QED) is 0.851. The van der Waals surface area contributed by atoms with Crippen LogP contribution >= 0.6 is 11.6 Å². The van der Waals surface area contributed by atoms with Gasteiger partial charge in [0.05, 0.1) is 24.9 Å². The van der Waals surface area contributed by atoms with Gasteiger partial charge in [0.15, 0.2) is 11.0 Å². The Morgan fingerprint density at radius 2 is 2.14 bits per heavy atom. The molecule has 1 unspecified atom stereocenters. The maximum absolute atomic E-state index is 5.98. The Hall–Kier alpha value is -0.950. The van der Waals surface area contributed by atoms with Crippen LogP contribution < -0.4 is 5.73 Å². The molecule has 0 aromatic carbocycles. The first-order chi connectivity index (χ1) is 10.6. The number of anilines is 1. The summed E-state index contributed by atoms with van der Waals surface area (Å²) >= 11 is 5.98. The summed E-state index contributed by atoms with van der Waals surface area (Å²) in [6.45, 7) is 2.23. The summed E-state index contributed by atoms with van der Waals surface area (Å²) in [6, 6.07) is 0. The Kier molecular flexibility index (Phi) is 4.82. The van der Waals surface area contributed by atoms with Crippen molar-refractivity contribution in [3.63, 3.8) is 0 Å². The number of hydrogen-bond donors (Lipinski definition) is 1. The fraction of sp³-hybridized carbons (Fsp3) is 0.733. The molecule has 4 rings (SSSR count). The number of rotatable bonds is 1. The van der Waals surface area contributed by atoms with Crippen LogP contribution in [-0.4, -0.2) is 42.2 Å². The van der Waals surface area contributed by atoms with Crippen molar-refractivity contribution in [3.05, 3.63) is 16.3 Å². The van der Waals surface area contributed by atoms with Gasteiger partial charge in [0, 0.05) is 31.3 Å². The van der Waals surface area contributed by atoms with E-state index in [1.54, 1.807) is 7.11 Å². The van der Waals surface area contributed by atoms with E-state index in [9.17, 15) is 0 Å². The molecule has 3 aliphatic rings. The molecule has 22 heavy (non-hydrogen) atoms. The zero-order valence-corrected chi connectivity index (χ0v) is 13.6. The first-order valence-electron chi connectivity index (χ1n) is 7.67. The molecule has 1 aliphatic carbocycles. The van der Waals surface area contributed by atoms with Crippen molar-refractivity contribution in [2.45, 2.75) is 50.4 Å². The summed E-state index contributed by atoms with van der Waals surface area (Å²) in [5.41, 5.74) is 7.70. The molecule has 1 saturated heterocycles. The average Bonchev–Trinajstić information content (AvgIpc) is 3.31. The third kappa shape index (κ3) is 3.51. The smallest absolute Gasteiger partial charge is 0.155 e. The van der Waals surface area contributed by atoms with E-state index in [0.717, 1.165) is 56.4 Å². The van der Waals surface area contributed by atoms with E-state index in [-0.39, 0.29) is 5.60 Å². The van der Waals surface area contributed by atoms with Crippen LogP contribution in [0.1, 0.15) is 36.8 Å². The van der Waals surface area contributed by atoms with Crippen LogP contribution in [0.5, 0.6) is 0 Å². The summed E-state index contributed by atoms with van der Waals surface area (Å²) < 4.78 is 15.9. The molecule has 0 radical (unpaired) electrons. The van der Waals surface area contributed by atoms with Gasteiger partial charge >= 0.3 is 0 Å². The Balaban J connectivity index is 0.000000154. The van der Waals surface area contributed by atoms with Crippen LogP contribution in [-0.2, 0) is 27.2 Å². The summed E-state index contributed by atoms with van der Waals surface area (Å²) in [4.78, 5) is 0. The zero-order valence-electron chi connectivity index (χ0n) is 12.8. The van der Waals surface area contributed by atoms with E-state index in [2.05, 4.69) is 10.2 Å². The van der Waals surface area contributed by atoms with Gasteiger partial charge in [-0.1, -0.05) is 11.6 Å². The fourth-order valence-electron chi connectivity index (χ4n) is 2.79. The molecule has 1 atom stereocenters. The molecule has 1 spiro atoms. The molecule has 6 nitrogen and oxygen atoms in total. The van der Waals surface area contributed by atoms with Crippen LogP contribution in [0.2, 0.25) is 5.15 Å². The molecule has 7 heteroatoms. The highest BCUT2D eigenvalue weighted by Crippen LogP contribution is 2.47. The maximum Gasteiger partial charge on any atom is 0.155 e. The molecule has 1 aromatic heterocycles. The minimum absolute atomic E-state index is 0.0477. The number of nitrogen functional groups attached to an aromatic ring is 1. The second-order valence-corrected chi connectivity index (χ2v) is 6.41. The fourth-order valence-corrected chi connectivity index (χ4v) is 3.01. The SMILES string of the molecule is COC1CCCOC1.Nc1nnc(Cl)c2c1COC1(CC1)C2. The van der Waals surface area contributed by atoms with E-state index in [1.165, 1.54) is 0 Å². The van der Waals surface area contributed by atoms with Gasteiger partial charge in [-0.15, -0.1) is 10.2 Å². The first kappa shape index (κ1) is 15.9. The van der Waals surface area contributed by atoms with E-state index >= 15 is 0 Å². The molecule has 2 N–H and O–H groups in total. The lowest BCUT2D eigenvalue weighted by molar-refractivity contribution is -0.0291. The van der Waals surface area contributed by atoms with Crippen molar-refractivity contribution in [2.75, 3.05) is 26.1 Å². The minimum atomic E-state index is 0.0477. The van der Waals surface area contributed by atoms with Crippen molar-refractivity contribution in [1.29, 1.82) is 0 Å². The molecule has 122 valence electrons. The summed E-state index contributed by atoms with van der Waals surface area (Å²) in [5, 5.41) is 8.07. The Labute approximate surface area is 135 Å². The minimum Gasteiger partial charge on any atom is -0.382 e. The number of methoxy groups -OCH3 is 1. The monoisotopic (exact) mass is 327 g/mol. The average molecular weight is 328 g/mol. The van der Waals surface area contributed by atoms with E-state index < -0.39 is 0 Å². The predicted molar refractivity (Wildman–Crippen MR) is 82.8 cm³/mol. The lowest BCUT2D eigenvalue weighted by Gasteiger charge is -2.25. The van der Waals surface area contributed by atoms with E-state index in [4.69, 9.17) is 31.5 Å². The third-order valence-electron chi connectivity index (χ3n) is 4.45. The molecule has 0 bridgehead atoms. The molecule has 1 saturated carbocycles. The van der Waals surface area contributed by atoms with Gasteiger partial charge in [0.2, 0.25) is 0 Å². The topological polar surface area (TPSA) is 79.5 Å². The van der Waals surface area contributed by atoms with Crippen LogP contribution in [0.3, 0.4) is 0 Å². The number of aromatic nitrogens is 2. The number of ether oxygens (including phenoxy) is 3. The van der Waals surface area contributed by atoms with Gasteiger partial charge in [0.25, 0.3) is 0 Å². The molecular formula is C15H22ClN3O3. The van der Waals surface area contributed by atoms with Crippen molar-refractivity contribution in [2.24, 2.45) is 0 Å². The highest BCUT2D eigenvalue weighted by atomic mass is 35.5. The van der Waals surface area contributed by atoms with Gasteiger partial charge in [0.1, 0.15) is 0 Å². The van der Waals surface area contributed by atoms with Gasteiger partial charge in [-0.05, 0) is 25.7 Å². The van der Waals surface area contributed by atoms with Gasteiger partial charge < -0.3 is 19.9 Å². The summed E-state index contributed by atoms with van der Waals surface area (Å²) in [7, 11) is 1.74. The summed E-state index contributed by atoms with van der Waals surface area (Å²) in [5.74, 6) is 0.444. The lowest BCUT2D eigenvalue weighted by atomic mass is 10.0. The second kappa shape index (κ2) is 6.66. The van der Waals surface area contributed by atoms with Crippen LogP contribution in [0, 0.1) is 0 Å². The van der Waals surface area contributed by atoms with E-state index in [0.29, 0.717) is 23.7 Å². The van der Waals surface area contributed by atoms with Crippen molar-refractivity contribution in [3.8, 4) is 0 Å². The highest BCUT2D eigenvalue weighted by molar-refractivity contribution is 6.30. The number of nitrogens with two attached hydrogens (primary N) is 1. The van der Waals surface area contributed by atoms with Gasteiger partial charge in [-0.25, -0.2) is 0 Å². The van der Waals surface area contributed by atoms with Gasteiger partial charge in [-0.3, -0.25) is 0 Å². The van der Waals surface area contributed by atoms with Crippen LogP contribution in [0.25, 0.3) is 0 Å². The molecule has 1 aromatic rings. The zero-order chi connectivity index (χ0) is 15.6. The predicted octanol–water partition coefficient (Wildman–Crippen LogP) is 2.13. The van der Waals surface area contributed by atoms with Crippen molar-refractivity contribution >= 4 is 17.4 Å². The van der Waals surface area contributed by atoms with Crippen LogP contribution in [0.15, 0.2) is 0 Å². The molecule has 2 aliphatic heterocycles. The maximum atomic E-state index is 5.98. The first-order valence-corrected chi connectivity index (χ1v) is 8.05. The molecule has 2 fully saturated rings. The Morgan fingerprint density at radius 3 is 2.73 bits per heavy atom. The number of fused-ring (bicyclic) bond motifs is 1. The second-order valence-electron chi connectivity index (χ2n) is 6.06. The van der Waals surface area contributed by atoms with Crippen LogP contribution in [0.4, 0.5) is 5.82 Å². The number of halogens is 1. The third-order valence-corrected chi connectivity index (χ3v) is 4.75. The largest absolute Gasteiger partial charge is 0.382 e. The normalized spacial score (nSPS) is 25.1. The molecule has 0 amide bonds. The highest BCUT2D eigenvalue weighted by Gasteiger charge is 2.47. The standard InChI is InChI=1S/C9H10ClN3O.C6H12O2/c10-7-5-3-9(1-2-9)14-4-6(5)8(11)13-12-7;1-7-6-3-2-4-8-5-6/h1-4H2,(H2,11,13);6H,2-5H2,1H3. The summed E-state index contributed by atoms with van der Waals surface area (Å²) in [6.07, 6.45) is 5.75. The molecular weight excluding hydrogens is 306 g/mol. The van der Waals surface area contributed by atoms with Crippen molar-refractivity contribution < 1.29 is 14.2 Å². The van der Waals surface area contributed by atoms with Crippen molar-refractivity contribution in [1.82, 2.24) is 10.2 Å². The number of nitrogens with zero attached hydrogens (tertiary/aromatic N) is 2. The lowest BCUT2D eigenvalue weighted by Crippen LogP contribution is -2.25. The Bertz CT molecular complexity index is 531. The Morgan fingerprint density at radius 1 is 1.32 bits per heavy atom. The van der Waals surface area contributed by atoms with Gasteiger partial charge in [-0.2, -0.15) is 0 Å². The van der Waals surface area contributed by atoms with E-state index in [1.807, 2.05) is 0 Å².